The first-order valence-corrected chi connectivity index (χ1v) is 6.61. The van der Waals surface area contributed by atoms with Crippen molar-refractivity contribution in [3.8, 4) is 0 Å². The molecule has 1 aliphatic carbocycles. The Hall–Kier alpha value is -0.0800. The minimum atomic E-state index is 0.676. The summed E-state index contributed by atoms with van der Waals surface area (Å²) in [4.78, 5) is 2.51. The summed E-state index contributed by atoms with van der Waals surface area (Å²) in [7, 11) is 0. The van der Waals surface area contributed by atoms with Crippen LogP contribution in [0.4, 0.5) is 0 Å². The molecule has 1 fully saturated rings. The van der Waals surface area contributed by atoms with Crippen LogP contribution in [-0.4, -0.2) is 36.6 Å². The van der Waals surface area contributed by atoms with Crippen molar-refractivity contribution in [2.75, 3.05) is 19.6 Å². The van der Waals surface area contributed by atoms with Crippen molar-refractivity contribution in [2.24, 2.45) is 5.92 Å². The Labute approximate surface area is 95.4 Å². The van der Waals surface area contributed by atoms with Gasteiger partial charge in [-0.15, -0.1) is 0 Å². The zero-order chi connectivity index (χ0) is 11.3. The largest absolute Gasteiger partial charge is 0.313 e. The van der Waals surface area contributed by atoms with Gasteiger partial charge in [-0.05, 0) is 39.7 Å². The molecule has 0 aromatic carbocycles. The molecule has 0 aliphatic heterocycles. The van der Waals surface area contributed by atoms with E-state index in [0.717, 1.165) is 19.0 Å². The van der Waals surface area contributed by atoms with Crippen molar-refractivity contribution in [3.63, 3.8) is 0 Å². The summed E-state index contributed by atoms with van der Waals surface area (Å²) in [6, 6.07) is 1.39. The van der Waals surface area contributed by atoms with Crippen LogP contribution < -0.4 is 5.32 Å². The molecule has 2 heteroatoms. The molecule has 0 aromatic rings. The fourth-order valence-electron chi connectivity index (χ4n) is 2.17. The van der Waals surface area contributed by atoms with Crippen LogP contribution in [0, 0.1) is 5.92 Å². The van der Waals surface area contributed by atoms with E-state index in [1.807, 2.05) is 0 Å². The van der Waals surface area contributed by atoms with Crippen LogP contribution >= 0.6 is 0 Å². The van der Waals surface area contributed by atoms with Gasteiger partial charge < -0.3 is 5.32 Å². The molecule has 0 spiro atoms. The summed E-state index contributed by atoms with van der Waals surface area (Å²) in [5.41, 5.74) is 0. The maximum absolute atomic E-state index is 3.63. The zero-order valence-corrected chi connectivity index (χ0v) is 10.9. The van der Waals surface area contributed by atoms with E-state index in [1.165, 1.54) is 25.8 Å². The summed E-state index contributed by atoms with van der Waals surface area (Å²) >= 11 is 0. The van der Waals surface area contributed by atoms with Gasteiger partial charge in [-0.1, -0.05) is 19.8 Å². The molecular weight excluding hydrogens is 184 g/mol. The first kappa shape index (κ1) is 13.0. The van der Waals surface area contributed by atoms with Gasteiger partial charge in [-0.3, -0.25) is 4.90 Å². The highest BCUT2D eigenvalue weighted by Gasteiger charge is 2.23. The maximum atomic E-state index is 3.63. The Morgan fingerprint density at radius 1 is 1.27 bits per heavy atom. The van der Waals surface area contributed by atoms with Gasteiger partial charge in [0.15, 0.2) is 0 Å². The summed E-state index contributed by atoms with van der Waals surface area (Å²) in [6.45, 7) is 12.6. The fraction of sp³-hybridized carbons (Fsp3) is 1.00. The average molecular weight is 212 g/mol. The fourth-order valence-corrected chi connectivity index (χ4v) is 2.17. The molecule has 0 amide bonds. The third-order valence-corrected chi connectivity index (χ3v) is 3.41. The number of nitrogens with zero attached hydrogens (tertiary/aromatic N) is 1. The van der Waals surface area contributed by atoms with Gasteiger partial charge in [0, 0.05) is 25.2 Å². The molecule has 0 aromatic heterocycles. The van der Waals surface area contributed by atoms with Gasteiger partial charge in [0.25, 0.3) is 0 Å². The Morgan fingerprint density at radius 3 is 2.40 bits per heavy atom. The SMILES string of the molecule is CCN(CCNC(C)CC1CC1)C(C)C. The Kier molecular flexibility index (Phi) is 5.62. The highest BCUT2D eigenvalue weighted by atomic mass is 15.2. The molecule has 1 N–H and O–H groups in total. The third-order valence-electron chi connectivity index (χ3n) is 3.41. The average Bonchev–Trinajstić information content (AvgIpc) is 2.95. The Morgan fingerprint density at radius 2 is 1.93 bits per heavy atom. The second-order valence-electron chi connectivity index (χ2n) is 5.26. The normalized spacial score (nSPS) is 18.8. The van der Waals surface area contributed by atoms with E-state index in [4.69, 9.17) is 0 Å². The van der Waals surface area contributed by atoms with Gasteiger partial charge in [0.05, 0.1) is 0 Å². The molecule has 1 atom stereocenters. The highest BCUT2D eigenvalue weighted by Crippen LogP contribution is 2.33. The van der Waals surface area contributed by atoms with Crippen LogP contribution in [0.15, 0.2) is 0 Å². The maximum Gasteiger partial charge on any atom is 0.0110 e. The number of nitrogens with one attached hydrogen (secondary N) is 1. The standard InChI is InChI=1S/C13H28N2/c1-5-15(11(2)3)9-8-14-12(4)10-13-6-7-13/h11-14H,5-10H2,1-4H3. The molecule has 1 aliphatic rings. The second kappa shape index (κ2) is 6.49. The van der Waals surface area contributed by atoms with Crippen molar-refractivity contribution in [1.82, 2.24) is 10.2 Å². The minimum absolute atomic E-state index is 0.676. The lowest BCUT2D eigenvalue weighted by atomic mass is 10.1. The van der Waals surface area contributed by atoms with Crippen molar-refractivity contribution in [1.29, 1.82) is 0 Å². The number of rotatable bonds is 8. The van der Waals surface area contributed by atoms with Crippen molar-refractivity contribution in [2.45, 2.75) is 59.0 Å². The number of hydrogen-bond donors (Lipinski definition) is 1. The molecule has 0 bridgehead atoms. The first-order chi connectivity index (χ1) is 7.13. The van der Waals surface area contributed by atoms with Crippen LogP contribution in [-0.2, 0) is 0 Å². The first-order valence-electron chi connectivity index (χ1n) is 6.61. The van der Waals surface area contributed by atoms with Gasteiger partial charge in [-0.25, -0.2) is 0 Å². The van der Waals surface area contributed by atoms with Crippen molar-refractivity contribution < 1.29 is 0 Å². The molecule has 90 valence electrons. The van der Waals surface area contributed by atoms with E-state index in [0.29, 0.717) is 12.1 Å². The second-order valence-corrected chi connectivity index (χ2v) is 5.26. The summed E-state index contributed by atoms with van der Waals surface area (Å²) in [5.74, 6) is 1.04. The monoisotopic (exact) mass is 212 g/mol. The van der Waals surface area contributed by atoms with Crippen molar-refractivity contribution >= 4 is 0 Å². The van der Waals surface area contributed by atoms with E-state index >= 15 is 0 Å². The minimum Gasteiger partial charge on any atom is -0.313 e. The van der Waals surface area contributed by atoms with Gasteiger partial charge in [0.2, 0.25) is 0 Å². The van der Waals surface area contributed by atoms with Gasteiger partial charge >= 0.3 is 0 Å². The summed E-state index contributed by atoms with van der Waals surface area (Å²) in [6.07, 6.45) is 4.33. The topological polar surface area (TPSA) is 15.3 Å². The van der Waals surface area contributed by atoms with E-state index in [2.05, 4.69) is 37.9 Å². The molecule has 15 heavy (non-hydrogen) atoms. The van der Waals surface area contributed by atoms with E-state index in [9.17, 15) is 0 Å². The molecule has 2 nitrogen and oxygen atoms in total. The van der Waals surface area contributed by atoms with Crippen LogP contribution in [0.5, 0.6) is 0 Å². The lowest BCUT2D eigenvalue weighted by Gasteiger charge is -2.25. The molecule has 1 unspecified atom stereocenters. The summed E-state index contributed by atoms with van der Waals surface area (Å²) in [5, 5.41) is 3.63. The lowest BCUT2D eigenvalue weighted by molar-refractivity contribution is 0.230. The quantitative estimate of drug-likeness (QED) is 0.665. The lowest BCUT2D eigenvalue weighted by Crippen LogP contribution is -2.39. The molecule has 0 saturated heterocycles. The third kappa shape index (κ3) is 5.53. The molecule has 1 rings (SSSR count). The van der Waals surface area contributed by atoms with Gasteiger partial charge in [-0.2, -0.15) is 0 Å². The van der Waals surface area contributed by atoms with E-state index in [1.54, 1.807) is 0 Å². The number of likely N-dealkylation sites (N-methyl/N-ethyl adjacent to an activating group) is 1. The predicted octanol–water partition coefficient (Wildman–Crippen LogP) is 2.49. The molecule has 0 radical (unpaired) electrons. The van der Waals surface area contributed by atoms with Gasteiger partial charge in [0.1, 0.15) is 0 Å². The molecule has 1 saturated carbocycles. The predicted molar refractivity (Wildman–Crippen MR) is 67.2 cm³/mol. The Balaban J connectivity index is 2.02. The summed E-state index contributed by atoms with van der Waals surface area (Å²) < 4.78 is 0. The van der Waals surface area contributed by atoms with Crippen molar-refractivity contribution in [3.05, 3.63) is 0 Å². The van der Waals surface area contributed by atoms with Crippen LogP contribution in [0.25, 0.3) is 0 Å². The zero-order valence-electron chi connectivity index (χ0n) is 10.9. The van der Waals surface area contributed by atoms with Crippen LogP contribution in [0.3, 0.4) is 0 Å². The van der Waals surface area contributed by atoms with E-state index in [-0.39, 0.29) is 0 Å². The van der Waals surface area contributed by atoms with Crippen LogP contribution in [0.1, 0.15) is 47.0 Å². The molecule has 0 heterocycles. The van der Waals surface area contributed by atoms with Crippen LogP contribution in [0.2, 0.25) is 0 Å². The highest BCUT2D eigenvalue weighted by molar-refractivity contribution is 4.78. The number of hydrogen-bond acceptors (Lipinski definition) is 2. The molecular formula is C13H28N2. The van der Waals surface area contributed by atoms with E-state index < -0.39 is 0 Å². The Bertz CT molecular complexity index is 164. The smallest absolute Gasteiger partial charge is 0.0110 e.